The first-order chi connectivity index (χ1) is 9.84. The molecule has 2 aromatic rings. The van der Waals surface area contributed by atoms with Crippen LogP contribution in [-0.4, -0.2) is 22.9 Å². The van der Waals surface area contributed by atoms with Gasteiger partial charge in [-0.25, -0.2) is 14.4 Å². The summed E-state index contributed by atoms with van der Waals surface area (Å²) in [6.07, 6.45) is -2.43. The van der Waals surface area contributed by atoms with Crippen LogP contribution in [-0.2, 0) is 6.18 Å². The molecular formula is C13H8F4N2O2. The number of aromatic nitrogens is 2. The predicted octanol–water partition coefficient (Wildman–Crippen LogP) is 2.87. The van der Waals surface area contributed by atoms with Gasteiger partial charge in [-0.3, -0.25) is 4.79 Å². The number of nitrogens with zero attached hydrogens (tertiary/aromatic N) is 2. The summed E-state index contributed by atoms with van der Waals surface area (Å²) in [5, 5.41) is 0. The second-order valence-corrected chi connectivity index (χ2v) is 3.94. The Morgan fingerprint density at radius 2 is 1.86 bits per heavy atom. The van der Waals surface area contributed by atoms with Gasteiger partial charge in [0.25, 0.3) is 0 Å². The fourth-order valence-corrected chi connectivity index (χ4v) is 1.65. The van der Waals surface area contributed by atoms with Crippen LogP contribution in [0.4, 0.5) is 17.6 Å². The normalized spacial score (nSPS) is 11.3. The van der Waals surface area contributed by atoms with Crippen LogP contribution in [0, 0.1) is 5.82 Å². The van der Waals surface area contributed by atoms with E-state index in [0.29, 0.717) is 12.1 Å². The zero-order valence-corrected chi connectivity index (χ0v) is 10.6. The molecule has 0 aliphatic carbocycles. The maximum absolute atomic E-state index is 13.2. The van der Waals surface area contributed by atoms with E-state index >= 15 is 0 Å². The minimum atomic E-state index is -4.90. The van der Waals surface area contributed by atoms with Gasteiger partial charge in [0.1, 0.15) is 5.82 Å². The summed E-state index contributed by atoms with van der Waals surface area (Å²) in [6, 6.07) is 1.96. The van der Waals surface area contributed by atoms with E-state index < -0.39 is 23.3 Å². The molecule has 21 heavy (non-hydrogen) atoms. The molecule has 1 aromatic carbocycles. The fourth-order valence-electron chi connectivity index (χ4n) is 1.65. The number of hydrogen-bond donors (Lipinski definition) is 0. The molecule has 1 aromatic heterocycles. The smallest absolute Gasteiger partial charge is 0.419 e. The molecule has 0 bridgehead atoms. The third-order valence-corrected chi connectivity index (χ3v) is 2.61. The number of ether oxygens (including phenoxy) is 1. The molecule has 0 aliphatic heterocycles. The number of alkyl halides is 3. The highest BCUT2D eigenvalue weighted by atomic mass is 19.4. The first-order valence-corrected chi connectivity index (χ1v) is 5.61. The minimum absolute atomic E-state index is 0.125. The van der Waals surface area contributed by atoms with Crippen LogP contribution in [0.25, 0.3) is 0 Å². The third-order valence-electron chi connectivity index (χ3n) is 2.61. The van der Waals surface area contributed by atoms with Crippen LogP contribution < -0.4 is 4.74 Å². The van der Waals surface area contributed by atoms with Crippen LogP contribution in [0.2, 0.25) is 0 Å². The predicted molar refractivity (Wildman–Crippen MR) is 63.4 cm³/mol. The molecule has 2 rings (SSSR count). The van der Waals surface area contributed by atoms with Crippen molar-refractivity contribution in [3.63, 3.8) is 0 Å². The van der Waals surface area contributed by atoms with E-state index in [9.17, 15) is 22.4 Å². The second kappa shape index (κ2) is 5.47. The van der Waals surface area contributed by atoms with Gasteiger partial charge >= 0.3 is 6.18 Å². The Labute approximate surface area is 116 Å². The van der Waals surface area contributed by atoms with Gasteiger partial charge in [-0.15, -0.1) is 0 Å². The standard InChI is InChI=1S/C13H8F4N2O2/c1-21-12-10(18-4-5-19-12)11(20)7-2-3-9(14)8(6-7)13(15,16)17/h2-6H,1H3. The molecule has 0 fully saturated rings. The monoisotopic (exact) mass is 300 g/mol. The zero-order valence-electron chi connectivity index (χ0n) is 10.6. The van der Waals surface area contributed by atoms with Gasteiger partial charge in [-0.1, -0.05) is 0 Å². The molecule has 0 unspecified atom stereocenters. The summed E-state index contributed by atoms with van der Waals surface area (Å²) in [7, 11) is 1.24. The van der Waals surface area contributed by atoms with E-state index in [1.165, 1.54) is 19.5 Å². The average Bonchev–Trinajstić information content (AvgIpc) is 2.45. The van der Waals surface area contributed by atoms with Crippen molar-refractivity contribution in [3.8, 4) is 5.88 Å². The van der Waals surface area contributed by atoms with Gasteiger partial charge in [0.05, 0.1) is 12.7 Å². The summed E-state index contributed by atoms with van der Waals surface area (Å²) < 4.78 is 55.9. The molecule has 0 radical (unpaired) electrons. The van der Waals surface area contributed by atoms with Crippen molar-refractivity contribution >= 4 is 5.78 Å². The molecule has 0 amide bonds. The highest BCUT2D eigenvalue weighted by molar-refractivity contribution is 6.09. The van der Waals surface area contributed by atoms with E-state index in [1.807, 2.05) is 0 Å². The van der Waals surface area contributed by atoms with E-state index in [-0.39, 0.29) is 17.1 Å². The van der Waals surface area contributed by atoms with Gasteiger partial charge in [-0.2, -0.15) is 13.2 Å². The molecule has 0 saturated carbocycles. The molecule has 0 atom stereocenters. The number of halogens is 4. The molecule has 0 aliphatic rings. The van der Waals surface area contributed by atoms with Crippen molar-refractivity contribution in [1.82, 2.24) is 9.97 Å². The lowest BCUT2D eigenvalue weighted by Gasteiger charge is -2.10. The minimum Gasteiger partial charge on any atom is -0.479 e. The number of methoxy groups -OCH3 is 1. The number of hydrogen-bond acceptors (Lipinski definition) is 4. The van der Waals surface area contributed by atoms with E-state index in [0.717, 1.165) is 6.07 Å². The Kier molecular flexibility index (Phi) is 3.88. The average molecular weight is 300 g/mol. The van der Waals surface area contributed by atoms with Crippen LogP contribution >= 0.6 is 0 Å². The summed E-state index contributed by atoms with van der Waals surface area (Å²) in [5.41, 5.74) is -2.13. The number of ketones is 1. The Hall–Kier alpha value is -2.51. The highest BCUT2D eigenvalue weighted by Crippen LogP contribution is 2.32. The van der Waals surface area contributed by atoms with E-state index in [2.05, 4.69) is 9.97 Å². The SMILES string of the molecule is COc1nccnc1C(=O)c1ccc(F)c(C(F)(F)F)c1. The van der Waals surface area contributed by atoms with Crippen LogP contribution in [0.15, 0.2) is 30.6 Å². The van der Waals surface area contributed by atoms with Crippen LogP contribution in [0.1, 0.15) is 21.6 Å². The van der Waals surface area contributed by atoms with Crippen LogP contribution in [0.3, 0.4) is 0 Å². The van der Waals surface area contributed by atoms with E-state index in [1.54, 1.807) is 0 Å². The molecule has 0 N–H and O–H groups in total. The lowest BCUT2D eigenvalue weighted by Crippen LogP contribution is -2.12. The van der Waals surface area contributed by atoms with E-state index in [4.69, 9.17) is 4.74 Å². The number of benzene rings is 1. The molecule has 8 heteroatoms. The Balaban J connectivity index is 2.50. The molecule has 0 spiro atoms. The first-order valence-electron chi connectivity index (χ1n) is 5.61. The molecule has 4 nitrogen and oxygen atoms in total. The second-order valence-electron chi connectivity index (χ2n) is 3.94. The summed E-state index contributed by atoms with van der Waals surface area (Å²) in [6.45, 7) is 0. The molecule has 0 saturated heterocycles. The molecule has 1 heterocycles. The highest BCUT2D eigenvalue weighted by Gasteiger charge is 2.35. The van der Waals surface area contributed by atoms with Gasteiger partial charge in [0.2, 0.25) is 11.7 Å². The van der Waals surface area contributed by atoms with Crippen molar-refractivity contribution in [3.05, 3.63) is 53.2 Å². The lowest BCUT2D eigenvalue weighted by atomic mass is 10.0. The van der Waals surface area contributed by atoms with Gasteiger partial charge in [0.15, 0.2) is 5.69 Å². The first kappa shape index (κ1) is 14.9. The fraction of sp³-hybridized carbons (Fsp3) is 0.154. The van der Waals surface area contributed by atoms with Crippen molar-refractivity contribution < 1.29 is 27.1 Å². The number of carbonyl (C=O) groups excluding carboxylic acids is 1. The lowest BCUT2D eigenvalue weighted by molar-refractivity contribution is -0.140. The zero-order chi connectivity index (χ0) is 15.6. The Morgan fingerprint density at radius 1 is 1.19 bits per heavy atom. The molecule has 110 valence electrons. The maximum atomic E-state index is 13.2. The number of rotatable bonds is 3. The largest absolute Gasteiger partial charge is 0.479 e. The number of carbonyl (C=O) groups is 1. The van der Waals surface area contributed by atoms with Crippen molar-refractivity contribution in [2.24, 2.45) is 0 Å². The van der Waals surface area contributed by atoms with Gasteiger partial charge in [-0.05, 0) is 18.2 Å². The van der Waals surface area contributed by atoms with Gasteiger partial charge in [0, 0.05) is 18.0 Å². The summed E-state index contributed by atoms with van der Waals surface area (Å²) in [4.78, 5) is 19.6. The van der Waals surface area contributed by atoms with Gasteiger partial charge < -0.3 is 4.74 Å². The summed E-state index contributed by atoms with van der Waals surface area (Å²) in [5.74, 6) is -2.42. The Bertz CT molecular complexity index is 686. The third kappa shape index (κ3) is 2.99. The quantitative estimate of drug-likeness (QED) is 0.646. The Morgan fingerprint density at radius 3 is 2.48 bits per heavy atom. The summed E-state index contributed by atoms with van der Waals surface area (Å²) >= 11 is 0. The van der Waals surface area contributed by atoms with Crippen molar-refractivity contribution in [2.45, 2.75) is 6.18 Å². The van der Waals surface area contributed by atoms with Crippen molar-refractivity contribution in [1.29, 1.82) is 0 Å². The topological polar surface area (TPSA) is 52.1 Å². The maximum Gasteiger partial charge on any atom is 0.419 e. The molecular weight excluding hydrogens is 292 g/mol. The van der Waals surface area contributed by atoms with Crippen molar-refractivity contribution in [2.75, 3.05) is 7.11 Å². The van der Waals surface area contributed by atoms with Crippen LogP contribution in [0.5, 0.6) is 5.88 Å².